The molecule has 2 rings (SSSR count). The van der Waals surface area contributed by atoms with Crippen LogP contribution in [0.4, 0.5) is 0 Å². The average molecular weight is 245 g/mol. The second-order valence-corrected chi connectivity index (χ2v) is 4.36. The van der Waals surface area contributed by atoms with E-state index in [-0.39, 0.29) is 0 Å². The topological polar surface area (TPSA) is 17.1 Å². The van der Waals surface area contributed by atoms with E-state index in [1.165, 1.54) is 5.56 Å². The van der Waals surface area contributed by atoms with Crippen molar-refractivity contribution < 1.29 is 4.79 Å². The molecular weight excluding hydrogens is 232 g/mol. The number of hydrogen-bond acceptors (Lipinski definition) is 1. The summed E-state index contributed by atoms with van der Waals surface area (Å²) in [4.78, 5) is 10.6. The van der Waals surface area contributed by atoms with Gasteiger partial charge in [0.15, 0.2) is 0 Å². The second-order valence-electron chi connectivity index (χ2n) is 3.95. The zero-order valence-electron chi connectivity index (χ0n) is 9.40. The van der Waals surface area contributed by atoms with E-state index in [0.29, 0.717) is 10.6 Å². The first-order chi connectivity index (χ1) is 8.29. The molecule has 0 aromatic heterocycles. The maximum atomic E-state index is 10.6. The molecule has 0 spiro atoms. The summed E-state index contributed by atoms with van der Waals surface area (Å²) >= 11 is 6.12. The summed E-state index contributed by atoms with van der Waals surface area (Å²) in [6.45, 7) is 0. The molecule has 86 valence electrons. The lowest BCUT2D eigenvalue weighted by atomic mass is 10.0. The summed E-state index contributed by atoms with van der Waals surface area (Å²) in [5.41, 5.74) is 3.00. The molecule has 0 fully saturated rings. The summed E-state index contributed by atoms with van der Waals surface area (Å²) < 4.78 is 0. The molecule has 0 amide bonds. The quantitative estimate of drug-likeness (QED) is 0.745. The van der Waals surface area contributed by atoms with Crippen LogP contribution < -0.4 is 0 Å². The van der Waals surface area contributed by atoms with Crippen molar-refractivity contribution in [2.24, 2.45) is 0 Å². The summed E-state index contributed by atoms with van der Waals surface area (Å²) in [5.74, 6) is 0. The molecule has 0 heterocycles. The van der Waals surface area contributed by atoms with Crippen LogP contribution in [0.15, 0.2) is 48.5 Å². The Morgan fingerprint density at radius 1 is 1.00 bits per heavy atom. The normalized spacial score (nSPS) is 10.2. The summed E-state index contributed by atoms with van der Waals surface area (Å²) in [6, 6.07) is 15.7. The number of benzene rings is 2. The van der Waals surface area contributed by atoms with Gasteiger partial charge in [0.05, 0.1) is 0 Å². The van der Waals surface area contributed by atoms with Gasteiger partial charge in [0, 0.05) is 10.6 Å². The minimum atomic E-state index is 0.624. The number of hydrogen-bond donors (Lipinski definition) is 0. The van der Waals surface area contributed by atoms with Crippen molar-refractivity contribution in [1.29, 1.82) is 0 Å². The van der Waals surface area contributed by atoms with Crippen molar-refractivity contribution in [2.45, 2.75) is 12.8 Å². The average Bonchev–Trinajstić information content (AvgIpc) is 2.38. The molecule has 0 bridgehead atoms. The fourth-order valence-corrected chi connectivity index (χ4v) is 2.05. The molecule has 0 radical (unpaired) electrons. The predicted molar refractivity (Wildman–Crippen MR) is 70.7 cm³/mol. The molecule has 2 heteroatoms. The van der Waals surface area contributed by atoms with Crippen LogP contribution in [-0.2, 0) is 12.8 Å². The number of carbonyl (C=O) groups excluding carboxylic acids is 1. The van der Waals surface area contributed by atoms with Crippen LogP contribution >= 0.6 is 11.6 Å². The van der Waals surface area contributed by atoms with E-state index in [1.54, 1.807) is 12.1 Å². The lowest BCUT2D eigenvalue weighted by molar-refractivity contribution is 0.112. The highest BCUT2D eigenvalue weighted by Gasteiger charge is 2.02. The SMILES string of the molecule is O=Cc1ccc(CCc2ccccc2)c(Cl)c1. The van der Waals surface area contributed by atoms with Crippen molar-refractivity contribution in [3.8, 4) is 0 Å². The molecule has 0 aliphatic heterocycles. The van der Waals surface area contributed by atoms with E-state index in [1.807, 2.05) is 24.3 Å². The van der Waals surface area contributed by atoms with E-state index >= 15 is 0 Å². The molecule has 2 aromatic rings. The van der Waals surface area contributed by atoms with Crippen LogP contribution in [0.25, 0.3) is 0 Å². The van der Waals surface area contributed by atoms with E-state index in [0.717, 1.165) is 24.7 Å². The van der Waals surface area contributed by atoms with Crippen molar-refractivity contribution in [3.63, 3.8) is 0 Å². The zero-order valence-corrected chi connectivity index (χ0v) is 10.2. The number of aryl methyl sites for hydroxylation is 2. The highest BCUT2D eigenvalue weighted by molar-refractivity contribution is 6.31. The highest BCUT2D eigenvalue weighted by atomic mass is 35.5. The molecule has 0 atom stereocenters. The number of rotatable bonds is 4. The van der Waals surface area contributed by atoms with Crippen molar-refractivity contribution in [2.75, 3.05) is 0 Å². The highest BCUT2D eigenvalue weighted by Crippen LogP contribution is 2.19. The molecule has 17 heavy (non-hydrogen) atoms. The van der Waals surface area contributed by atoms with Crippen molar-refractivity contribution in [1.82, 2.24) is 0 Å². The second kappa shape index (κ2) is 5.65. The maximum absolute atomic E-state index is 10.6. The molecule has 0 saturated heterocycles. The van der Waals surface area contributed by atoms with Gasteiger partial charge in [0.1, 0.15) is 6.29 Å². The first-order valence-electron chi connectivity index (χ1n) is 5.57. The number of carbonyl (C=O) groups is 1. The minimum absolute atomic E-state index is 0.624. The molecule has 0 N–H and O–H groups in total. The Balaban J connectivity index is 2.07. The van der Waals surface area contributed by atoms with Crippen LogP contribution in [0, 0.1) is 0 Å². The van der Waals surface area contributed by atoms with Gasteiger partial charge in [-0.1, -0.05) is 54.1 Å². The van der Waals surface area contributed by atoms with Crippen molar-refractivity contribution in [3.05, 3.63) is 70.2 Å². The van der Waals surface area contributed by atoms with E-state index in [9.17, 15) is 4.79 Å². The first-order valence-corrected chi connectivity index (χ1v) is 5.95. The van der Waals surface area contributed by atoms with Gasteiger partial charge in [-0.25, -0.2) is 0 Å². The third kappa shape index (κ3) is 3.18. The lowest BCUT2D eigenvalue weighted by Gasteiger charge is -2.05. The van der Waals surface area contributed by atoms with Gasteiger partial charge in [-0.3, -0.25) is 4.79 Å². The van der Waals surface area contributed by atoms with E-state index in [2.05, 4.69) is 12.1 Å². The molecule has 0 unspecified atom stereocenters. The Bertz CT molecular complexity index is 506. The minimum Gasteiger partial charge on any atom is -0.298 e. The Hall–Kier alpha value is -1.60. The van der Waals surface area contributed by atoms with Gasteiger partial charge >= 0.3 is 0 Å². The van der Waals surface area contributed by atoms with Crippen LogP contribution in [0.1, 0.15) is 21.5 Å². The monoisotopic (exact) mass is 244 g/mol. The van der Waals surface area contributed by atoms with Crippen LogP contribution in [0.3, 0.4) is 0 Å². The Kier molecular flexibility index (Phi) is 3.94. The van der Waals surface area contributed by atoms with Gasteiger partial charge < -0.3 is 0 Å². The van der Waals surface area contributed by atoms with Gasteiger partial charge in [-0.15, -0.1) is 0 Å². The molecular formula is C15H13ClO. The molecule has 0 saturated carbocycles. The molecule has 2 aromatic carbocycles. The van der Waals surface area contributed by atoms with Gasteiger partial charge in [-0.05, 0) is 30.0 Å². The Labute approximate surface area is 106 Å². The number of halogens is 1. The smallest absolute Gasteiger partial charge is 0.150 e. The number of aldehydes is 1. The lowest BCUT2D eigenvalue weighted by Crippen LogP contribution is -1.93. The Morgan fingerprint density at radius 2 is 1.76 bits per heavy atom. The van der Waals surface area contributed by atoms with Crippen LogP contribution in [0.5, 0.6) is 0 Å². The van der Waals surface area contributed by atoms with Crippen molar-refractivity contribution >= 4 is 17.9 Å². The van der Waals surface area contributed by atoms with E-state index in [4.69, 9.17) is 11.6 Å². The standard InChI is InChI=1S/C15H13ClO/c16-15-10-13(11-17)7-9-14(15)8-6-12-4-2-1-3-5-12/h1-5,7,9-11H,6,8H2. The fourth-order valence-electron chi connectivity index (χ4n) is 1.76. The first kappa shape index (κ1) is 11.9. The summed E-state index contributed by atoms with van der Waals surface area (Å²) in [5, 5.41) is 0.672. The summed E-state index contributed by atoms with van der Waals surface area (Å²) in [7, 11) is 0. The zero-order chi connectivity index (χ0) is 12.1. The Morgan fingerprint density at radius 3 is 2.41 bits per heavy atom. The molecule has 1 nitrogen and oxygen atoms in total. The predicted octanol–water partition coefficient (Wildman–Crippen LogP) is 3.94. The largest absolute Gasteiger partial charge is 0.298 e. The van der Waals surface area contributed by atoms with Gasteiger partial charge in [0.2, 0.25) is 0 Å². The molecule has 0 aliphatic carbocycles. The van der Waals surface area contributed by atoms with E-state index < -0.39 is 0 Å². The maximum Gasteiger partial charge on any atom is 0.150 e. The van der Waals surface area contributed by atoms with Gasteiger partial charge in [-0.2, -0.15) is 0 Å². The summed E-state index contributed by atoms with van der Waals surface area (Å²) in [6.07, 6.45) is 2.66. The fraction of sp³-hybridized carbons (Fsp3) is 0.133. The van der Waals surface area contributed by atoms with Crippen LogP contribution in [0.2, 0.25) is 5.02 Å². The third-order valence-electron chi connectivity index (χ3n) is 2.74. The van der Waals surface area contributed by atoms with Gasteiger partial charge in [0.25, 0.3) is 0 Å². The molecule has 0 aliphatic rings. The third-order valence-corrected chi connectivity index (χ3v) is 3.09. The van der Waals surface area contributed by atoms with Crippen LogP contribution in [-0.4, -0.2) is 6.29 Å².